The number of aryl methyl sites for hydroxylation is 1. The van der Waals surface area contributed by atoms with E-state index in [9.17, 15) is 30.0 Å². The zero-order valence-corrected chi connectivity index (χ0v) is 21.2. The predicted octanol–water partition coefficient (Wildman–Crippen LogP) is -0.184. The largest absolute Gasteiger partial charge is 0.515 e. The Morgan fingerprint density at radius 2 is 1.92 bits per heavy atom. The zero-order chi connectivity index (χ0) is 28.3. The van der Waals surface area contributed by atoms with E-state index in [2.05, 4.69) is 25.0 Å². The predicted molar refractivity (Wildman–Crippen MR) is 132 cm³/mol. The molecule has 3 aromatic rings. The molecule has 4 N–H and O–H groups in total. The van der Waals surface area contributed by atoms with Gasteiger partial charge >= 0.3 is 11.9 Å². The van der Waals surface area contributed by atoms with Crippen molar-refractivity contribution in [3.8, 4) is 5.95 Å². The summed E-state index contributed by atoms with van der Waals surface area (Å²) in [5, 5.41) is 44.0. The Morgan fingerprint density at radius 1 is 1.18 bits per heavy atom. The summed E-state index contributed by atoms with van der Waals surface area (Å²) < 4.78 is 18.1. The molecule has 0 radical (unpaired) electrons. The number of aromatic nitrogens is 6. The van der Waals surface area contributed by atoms with Gasteiger partial charge in [-0.1, -0.05) is 0 Å². The normalized spacial score (nSPS) is 21.6. The van der Waals surface area contributed by atoms with Crippen LogP contribution in [0.15, 0.2) is 29.4 Å². The van der Waals surface area contributed by atoms with E-state index in [0.29, 0.717) is 12.0 Å². The number of imidazole rings is 1. The molecule has 1 aliphatic rings. The van der Waals surface area contributed by atoms with Crippen molar-refractivity contribution >= 4 is 35.1 Å². The van der Waals surface area contributed by atoms with Gasteiger partial charge in [0.2, 0.25) is 0 Å². The fourth-order valence-corrected chi connectivity index (χ4v) is 3.83. The summed E-state index contributed by atoms with van der Waals surface area (Å²) in [6.45, 7) is 4.57. The third kappa shape index (κ3) is 5.35. The molecule has 16 nitrogen and oxygen atoms in total. The minimum atomic E-state index is -1.43. The lowest BCUT2D eigenvalue weighted by molar-refractivity contribution is -0.137. The van der Waals surface area contributed by atoms with E-state index >= 15 is 0 Å². The lowest BCUT2D eigenvalue weighted by Gasteiger charge is -2.16. The molecule has 39 heavy (non-hydrogen) atoms. The SMILES string of the molecule is CCOC(=O)C(C=Nc1nc(-n2cc(C(=O)OCC)c(C)n2)nc2c1ncn2C1O[C@H](CO)[C@@H](O)[C@H]1O)=CO. The van der Waals surface area contributed by atoms with Crippen LogP contribution >= 0.6 is 0 Å². The van der Waals surface area contributed by atoms with Crippen molar-refractivity contribution in [3.05, 3.63) is 35.6 Å². The summed E-state index contributed by atoms with van der Waals surface area (Å²) in [6.07, 6.45) is -0.845. The molecule has 16 heteroatoms. The summed E-state index contributed by atoms with van der Waals surface area (Å²) in [4.78, 5) is 41.6. The van der Waals surface area contributed by atoms with Gasteiger partial charge in [-0.15, -0.1) is 0 Å². The van der Waals surface area contributed by atoms with Gasteiger partial charge in [-0.25, -0.2) is 24.2 Å². The highest BCUT2D eigenvalue weighted by Gasteiger charge is 2.44. The minimum Gasteiger partial charge on any atom is -0.515 e. The first-order valence-electron chi connectivity index (χ1n) is 11.9. The molecule has 208 valence electrons. The second kappa shape index (κ2) is 11.6. The van der Waals surface area contributed by atoms with Gasteiger partial charge in [-0.3, -0.25) is 4.57 Å². The average molecular weight is 546 g/mol. The number of aliphatic hydroxyl groups excluding tert-OH is 4. The second-order valence-corrected chi connectivity index (χ2v) is 8.26. The van der Waals surface area contributed by atoms with Crippen LogP contribution in [0.4, 0.5) is 5.82 Å². The molecular weight excluding hydrogens is 518 g/mol. The van der Waals surface area contributed by atoms with Gasteiger partial charge in [0.1, 0.15) is 29.4 Å². The number of esters is 2. The monoisotopic (exact) mass is 545 g/mol. The Morgan fingerprint density at radius 3 is 2.56 bits per heavy atom. The molecule has 4 rings (SSSR count). The highest BCUT2D eigenvalue weighted by atomic mass is 16.6. The zero-order valence-electron chi connectivity index (χ0n) is 21.2. The van der Waals surface area contributed by atoms with E-state index < -0.39 is 43.1 Å². The maximum atomic E-state index is 12.3. The molecule has 0 aliphatic carbocycles. The van der Waals surface area contributed by atoms with Gasteiger partial charge < -0.3 is 34.6 Å². The van der Waals surface area contributed by atoms with Crippen molar-refractivity contribution < 1.29 is 44.2 Å². The van der Waals surface area contributed by atoms with Crippen LogP contribution in [0.3, 0.4) is 0 Å². The molecule has 1 aliphatic heterocycles. The van der Waals surface area contributed by atoms with Gasteiger partial charge in [-0.05, 0) is 20.8 Å². The third-order valence-corrected chi connectivity index (χ3v) is 5.76. The third-order valence-electron chi connectivity index (χ3n) is 5.76. The molecule has 4 heterocycles. The first-order chi connectivity index (χ1) is 18.7. The lowest BCUT2D eigenvalue weighted by atomic mass is 10.1. The van der Waals surface area contributed by atoms with E-state index in [1.807, 2.05) is 0 Å². The van der Waals surface area contributed by atoms with E-state index in [-0.39, 0.29) is 47.3 Å². The van der Waals surface area contributed by atoms with Gasteiger partial charge in [0, 0.05) is 12.4 Å². The van der Waals surface area contributed by atoms with Crippen molar-refractivity contribution in [3.63, 3.8) is 0 Å². The number of fused-ring (bicyclic) bond motifs is 1. The molecule has 0 spiro atoms. The maximum absolute atomic E-state index is 12.3. The number of hydrogen-bond acceptors (Lipinski definition) is 14. The fourth-order valence-electron chi connectivity index (χ4n) is 3.83. The molecule has 1 unspecified atom stereocenters. The molecular formula is C23H27N7O9. The lowest BCUT2D eigenvalue weighted by Crippen LogP contribution is -2.33. The summed E-state index contributed by atoms with van der Waals surface area (Å²) in [7, 11) is 0. The summed E-state index contributed by atoms with van der Waals surface area (Å²) in [5.41, 5.74) is 0.428. The van der Waals surface area contributed by atoms with Crippen LogP contribution in [0.1, 0.15) is 36.1 Å². The first kappa shape index (κ1) is 27.8. The van der Waals surface area contributed by atoms with Crippen molar-refractivity contribution in [1.29, 1.82) is 0 Å². The Hall–Kier alpha value is -4.25. The van der Waals surface area contributed by atoms with Crippen LogP contribution in [-0.2, 0) is 19.0 Å². The highest BCUT2D eigenvalue weighted by molar-refractivity contribution is 6.10. The van der Waals surface area contributed by atoms with Crippen molar-refractivity contribution in [2.24, 2.45) is 4.99 Å². The number of aliphatic hydroxyl groups is 4. The number of carbonyl (C=O) groups is 2. The van der Waals surface area contributed by atoms with Crippen molar-refractivity contribution in [2.45, 2.75) is 45.3 Å². The van der Waals surface area contributed by atoms with Crippen molar-refractivity contribution in [2.75, 3.05) is 19.8 Å². The number of hydrogen-bond donors (Lipinski definition) is 4. The molecule has 0 saturated carbocycles. The Balaban J connectivity index is 1.85. The second-order valence-electron chi connectivity index (χ2n) is 8.26. The Labute approximate surface area is 220 Å². The van der Waals surface area contributed by atoms with Gasteiger partial charge in [0.05, 0.1) is 38.1 Å². The number of carbonyl (C=O) groups excluding carboxylic acids is 2. The molecule has 1 fully saturated rings. The number of ether oxygens (including phenoxy) is 3. The number of rotatable bonds is 9. The van der Waals surface area contributed by atoms with E-state index in [0.717, 1.165) is 6.21 Å². The van der Waals surface area contributed by atoms with E-state index in [4.69, 9.17) is 14.2 Å². The van der Waals surface area contributed by atoms with Gasteiger partial charge in [-0.2, -0.15) is 15.1 Å². The summed E-state index contributed by atoms with van der Waals surface area (Å²) in [6, 6.07) is 0. The quantitative estimate of drug-likeness (QED) is 0.119. The van der Waals surface area contributed by atoms with Crippen LogP contribution in [0.2, 0.25) is 0 Å². The molecule has 4 atom stereocenters. The molecule has 0 bridgehead atoms. The first-order valence-corrected chi connectivity index (χ1v) is 11.9. The Kier molecular flexibility index (Phi) is 8.29. The average Bonchev–Trinajstić information content (AvgIpc) is 3.60. The standard InChI is InChI=1S/C23H27N7O9/c1-4-37-21(35)12(8-31)6-24-18-15-19(29(10-25-15)20-17(34)16(33)14(9-32)39-20)27-23(26-18)30-7-13(11(3)28-30)22(36)38-5-2/h6-8,10,14,16-17,20,31-34H,4-5,9H2,1-3H3/t14-,16-,17-,20?/m1/s1. The minimum absolute atomic E-state index is 0.0716. The van der Waals surface area contributed by atoms with Crippen LogP contribution in [0.5, 0.6) is 0 Å². The van der Waals surface area contributed by atoms with Crippen LogP contribution in [0.25, 0.3) is 17.1 Å². The van der Waals surface area contributed by atoms with Crippen LogP contribution in [-0.4, -0.2) is 106 Å². The van der Waals surface area contributed by atoms with Crippen LogP contribution < -0.4 is 0 Å². The molecule has 0 amide bonds. The maximum Gasteiger partial charge on any atom is 0.342 e. The Bertz CT molecular complexity index is 1430. The van der Waals surface area contributed by atoms with Crippen LogP contribution in [0, 0.1) is 6.92 Å². The van der Waals surface area contributed by atoms with Gasteiger partial charge in [0.25, 0.3) is 5.95 Å². The molecule has 3 aromatic heterocycles. The number of nitrogens with zero attached hydrogens (tertiary/aromatic N) is 7. The summed E-state index contributed by atoms with van der Waals surface area (Å²) in [5.74, 6) is -1.57. The van der Waals surface area contributed by atoms with Gasteiger partial charge in [0.15, 0.2) is 23.2 Å². The van der Waals surface area contributed by atoms with E-state index in [1.165, 1.54) is 21.8 Å². The summed E-state index contributed by atoms with van der Waals surface area (Å²) >= 11 is 0. The highest BCUT2D eigenvalue weighted by Crippen LogP contribution is 2.33. The fraction of sp³-hybridized carbons (Fsp3) is 0.435. The van der Waals surface area contributed by atoms with Crippen molar-refractivity contribution in [1.82, 2.24) is 29.3 Å². The smallest absolute Gasteiger partial charge is 0.342 e. The molecule has 1 saturated heterocycles. The van der Waals surface area contributed by atoms with E-state index in [1.54, 1.807) is 20.8 Å². The molecule has 0 aromatic carbocycles. The topological polar surface area (TPSA) is 217 Å². The number of aliphatic imine (C=N–C) groups is 1.